The summed E-state index contributed by atoms with van der Waals surface area (Å²) in [6, 6.07) is 11.6. The Balaban J connectivity index is 2.01. The van der Waals surface area contributed by atoms with Crippen LogP contribution in [0.5, 0.6) is 0 Å². The number of nitriles is 1. The Kier molecular flexibility index (Phi) is 2.56. The van der Waals surface area contributed by atoms with Crippen LogP contribution in [0.25, 0.3) is 0 Å². The van der Waals surface area contributed by atoms with E-state index < -0.39 is 6.17 Å². The van der Waals surface area contributed by atoms with Gasteiger partial charge in [0.2, 0.25) is 0 Å². The molecule has 5 heteroatoms. The summed E-state index contributed by atoms with van der Waals surface area (Å²) in [5, 5.41) is 12.9. The van der Waals surface area contributed by atoms with Crippen LogP contribution in [0, 0.1) is 11.3 Å². The highest BCUT2D eigenvalue weighted by molar-refractivity contribution is 5.23. The van der Waals surface area contributed by atoms with Gasteiger partial charge in [0.05, 0.1) is 18.5 Å². The molecule has 3 rings (SSSR count). The maximum atomic E-state index is 13.9. The Morgan fingerprint density at radius 1 is 1.39 bits per heavy atom. The van der Waals surface area contributed by atoms with Crippen molar-refractivity contribution < 1.29 is 4.39 Å². The third-order valence-electron chi connectivity index (χ3n) is 3.13. The number of alkyl halides is 1. The SMILES string of the molecule is N#CCc1nc2n(n1)C(c1ccccc1)C[C@@H]2F. The second kappa shape index (κ2) is 4.22. The molecule has 1 aromatic heterocycles. The Morgan fingerprint density at radius 2 is 2.17 bits per heavy atom. The maximum Gasteiger partial charge on any atom is 0.165 e. The van der Waals surface area contributed by atoms with E-state index in [2.05, 4.69) is 10.1 Å². The molecular weight excluding hydrogens is 231 g/mol. The molecule has 2 aromatic rings. The van der Waals surface area contributed by atoms with Crippen LogP contribution in [0.4, 0.5) is 4.39 Å². The summed E-state index contributed by atoms with van der Waals surface area (Å²) >= 11 is 0. The van der Waals surface area contributed by atoms with Gasteiger partial charge >= 0.3 is 0 Å². The number of hydrogen-bond donors (Lipinski definition) is 0. The highest BCUT2D eigenvalue weighted by Gasteiger charge is 2.35. The molecule has 0 bridgehead atoms. The Bertz CT molecular complexity index is 599. The number of benzene rings is 1. The molecule has 0 aliphatic carbocycles. The van der Waals surface area contributed by atoms with Crippen molar-refractivity contribution >= 4 is 0 Å². The van der Waals surface area contributed by atoms with Crippen molar-refractivity contribution in [2.24, 2.45) is 0 Å². The minimum atomic E-state index is -1.10. The number of fused-ring (bicyclic) bond motifs is 1. The first kappa shape index (κ1) is 10.9. The van der Waals surface area contributed by atoms with Crippen molar-refractivity contribution in [3.05, 3.63) is 47.5 Å². The molecule has 1 aliphatic heterocycles. The number of halogens is 1. The zero-order valence-corrected chi connectivity index (χ0v) is 9.62. The molecule has 0 saturated heterocycles. The highest BCUT2D eigenvalue weighted by Crippen LogP contribution is 2.39. The molecule has 1 unspecified atom stereocenters. The topological polar surface area (TPSA) is 54.5 Å². The lowest BCUT2D eigenvalue weighted by atomic mass is 10.0. The predicted molar refractivity (Wildman–Crippen MR) is 62.4 cm³/mol. The average Bonchev–Trinajstić information content (AvgIpc) is 2.92. The second-order valence-electron chi connectivity index (χ2n) is 4.30. The van der Waals surface area contributed by atoms with E-state index in [1.54, 1.807) is 4.68 Å². The average molecular weight is 242 g/mol. The fourth-order valence-electron chi connectivity index (χ4n) is 2.32. The van der Waals surface area contributed by atoms with E-state index >= 15 is 0 Å². The summed E-state index contributed by atoms with van der Waals surface area (Å²) in [4.78, 5) is 4.09. The molecule has 1 aliphatic rings. The van der Waals surface area contributed by atoms with E-state index in [9.17, 15) is 4.39 Å². The van der Waals surface area contributed by atoms with Crippen molar-refractivity contribution in [2.75, 3.05) is 0 Å². The summed E-state index contributed by atoms with van der Waals surface area (Å²) in [5.41, 5.74) is 1.02. The molecule has 0 radical (unpaired) electrons. The van der Waals surface area contributed by atoms with Gasteiger partial charge in [0.15, 0.2) is 17.8 Å². The number of rotatable bonds is 2. The van der Waals surface area contributed by atoms with Crippen LogP contribution in [0.3, 0.4) is 0 Å². The number of aromatic nitrogens is 3. The molecule has 2 atom stereocenters. The van der Waals surface area contributed by atoms with Gasteiger partial charge in [0.25, 0.3) is 0 Å². The molecule has 1 aromatic carbocycles. The number of hydrogen-bond acceptors (Lipinski definition) is 3. The van der Waals surface area contributed by atoms with E-state index in [0.29, 0.717) is 18.1 Å². The number of nitrogens with zero attached hydrogens (tertiary/aromatic N) is 4. The molecule has 0 spiro atoms. The minimum Gasteiger partial charge on any atom is -0.239 e. The van der Waals surface area contributed by atoms with Crippen LogP contribution in [0.1, 0.15) is 35.8 Å². The Hall–Kier alpha value is -2.22. The van der Waals surface area contributed by atoms with Gasteiger partial charge in [-0.3, -0.25) is 0 Å². The molecule has 4 nitrogen and oxygen atoms in total. The summed E-state index contributed by atoms with van der Waals surface area (Å²) in [6.07, 6.45) is -0.615. The maximum absolute atomic E-state index is 13.9. The highest BCUT2D eigenvalue weighted by atomic mass is 19.1. The Labute approximate surface area is 104 Å². The van der Waals surface area contributed by atoms with Gasteiger partial charge in [-0.05, 0) is 5.56 Å². The van der Waals surface area contributed by atoms with Crippen molar-refractivity contribution in [3.8, 4) is 6.07 Å². The summed E-state index contributed by atoms with van der Waals surface area (Å²) in [6.45, 7) is 0. The lowest BCUT2D eigenvalue weighted by Gasteiger charge is -2.11. The van der Waals surface area contributed by atoms with E-state index in [1.165, 1.54) is 0 Å². The van der Waals surface area contributed by atoms with Gasteiger partial charge in [-0.15, -0.1) is 0 Å². The molecule has 0 N–H and O–H groups in total. The molecular formula is C13H11FN4. The fourth-order valence-corrected chi connectivity index (χ4v) is 2.32. The van der Waals surface area contributed by atoms with E-state index in [4.69, 9.17) is 5.26 Å². The predicted octanol–water partition coefficient (Wildman–Crippen LogP) is 2.35. The fraction of sp³-hybridized carbons (Fsp3) is 0.308. The molecule has 18 heavy (non-hydrogen) atoms. The largest absolute Gasteiger partial charge is 0.239 e. The Morgan fingerprint density at radius 3 is 2.89 bits per heavy atom. The van der Waals surface area contributed by atoms with Crippen molar-refractivity contribution in [1.82, 2.24) is 14.8 Å². The van der Waals surface area contributed by atoms with Crippen molar-refractivity contribution in [3.63, 3.8) is 0 Å². The van der Waals surface area contributed by atoms with Crippen LogP contribution in [-0.4, -0.2) is 14.8 Å². The van der Waals surface area contributed by atoms with Gasteiger partial charge in [-0.2, -0.15) is 10.4 Å². The molecule has 2 heterocycles. The zero-order valence-electron chi connectivity index (χ0n) is 9.62. The third kappa shape index (κ3) is 1.66. The van der Waals surface area contributed by atoms with Crippen LogP contribution >= 0.6 is 0 Å². The summed E-state index contributed by atoms with van der Waals surface area (Å²) < 4.78 is 15.5. The lowest BCUT2D eigenvalue weighted by Crippen LogP contribution is -2.07. The van der Waals surface area contributed by atoms with Gasteiger partial charge in [0, 0.05) is 6.42 Å². The molecule has 0 saturated carbocycles. The summed E-state index contributed by atoms with van der Waals surface area (Å²) in [5.74, 6) is 0.741. The standard InChI is InChI=1S/C13H11FN4/c14-10-8-11(9-4-2-1-3-5-9)18-13(10)16-12(17-18)6-7-15/h1-5,10-11H,6,8H2/t10-,11?/m0/s1. The monoisotopic (exact) mass is 242 g/mol. The van der Waals surface area contributed by atoms with Crippen LogP contribution in [0.15, 0.2) is 30.3 Å². The zero-order chi connectivity index (χ0) is 12.5. The van der Waals surface area contributed by atoms with Crippen molar-refractivity contribution in [2.45, 2.75) is 25.1 Å². The minimum absolute atomic E-state index is 0.115. The smallest absolute Gasteiger partial charge is 0.165 e. The molecule has 0 fully saturated rings. The van der Waals surface area contributed by atoms with E-state index in [-0.39, 0.29) is 12.5 Å². The quantitative estimate of drug-likeness (QED) is 0.812. The first-order valence-corrected chi connectivity index (χ1v) is 5.81. The van der Waals surface area contributed by atoms with E-state index in [1.807, 2.05) is 36.4 Å². The van der Waals surface area contributed by atoms with Gasteiger partial charge in [0.1, 0.15) is 0 Å². The second-order valence-corrected chi connectivity index (χ2v) is 4.30. The summed E-state index contributed by atoms with van der Waals surface area (Å²) in [7, 11) is 0. The first-order chi connectivity index (χ1) is 8.79. The first-order valence-electron chi connectivity index (χ1n) is 5.81. The van der Waals surface area contributed by atoms with Gasteiger partial charge < -0.3 is 0 Å². The molecule has 0 amide bonds. The van der Waals surface area contributed by atoms with Gasteiger partial charge in [-0.1, -0.05) is 30.3 Å². The van der Waals surface area contributed by atoms with Crippen LogP contribution in [0.2, 0.25) is 0 Å². The lowest BCUT2D eigenvalue weighted by molar-refractivity contribution is 0.328. The normalized spacial score (nSPS) is 21.6. The third-order valence-corrected chi connectivity index (χ3v) is 3.13. The van der Waals surface area contributed by atoms with Crippen LogP contribution in [-0.2, 0) is 6.42 Å². The van der Waals surface area contributed by atoms with Gasteiger partial charge in [-0.25, -0.2) is 14.1 Å². The van der Waals surface area contributed by atoms with Crippen LogP contribution < -0.4 is 0 Å². The van der Waals surface area contributed by atoms with E-state index in [0.717, 1.165) is 5.56 Å². The van der Waals surface area contributed by atoms with Crippen molar-refractivity contribution in [1.29, 1.82) is 5.26 Å². The molecule has 90 valence electrons.